The third kappa shape index (κ3) is 7.63. The zero-order valence-corrected chi connectivity index (χ0v) is 22.5. The van der Waals surface area contributed by atoms with Crippen LogP contribution in [-0.4, -0.2) is 39.7 Å². The summed E-state index contributed by atoms with van der Waals surface area (Å²) in [5, 5.41) is 17.1. The number of aliphatic hydroxyl groups is 1. The van der Waals surface area contributed by atoms with Crippen molar-refractivity contribution in [2.75, 3.05) is 13.1 Å². The largest absolute Gasteiger partial charge is 0.387 e. The minimum Gasteiger partial charge on any atom is -0.387 e. The summed E-state index contributed by atoms with van der Waals surface area (Å²) in [6.07, 6.45) is 3.11. The quantitative estimate of drug-likeness (QED) is 0.259. The molecule has 6 nitrogen and oxygen atoms in total. The first-order valence-corrected chi connectivity index (χ1v) is 13.3. The molecule has 0 aliphatic heterocycles. The lowest BCUT2D eigenvalue weighted by atomic mass is 10.0. The van der Waals surface area contributed by atoms with Crippen LogP contribution in [0, 0.1) is 13.8 Å². The van der Waals surface area contributed by atoms with Crippen molar-refractivity contribution in [3.63, 3.8) is 0 Å². The Balaban J connectivity index is 1.22. The van der Waals surface area contributed by atoms with Crippen molar-refractivity contribution >= 4 is 5.91 Å². The number of benzene rings is 2. The topological polar surface area (TPSA) is 79.2 Å². The van der Waals surface area contributed by atoms with Crippen LogP contribution in [0.4, 0.5) is 0 Å². The molecule has 2 heterocycles. The number of hydrogen-bond donors (Lipinski definition) is 3. The fourth-order valence-corrected chi connectivity index (χ4v) is 4.72. The van der Waals surface area contributed by atoms with Gasteiger partial charge >= 0.3 is 0 Å². The van der Waals surface area contributed by atoms with E-state index in [1.807, 2.05) is 42.5 Å². The van der Waals surface area contributed by atoms with Gasteiger partial charge in [0.2, 0.25) is 5.91 Å². The lowest BCUT2D eigenvalue weighted by Crippen LogP contribution is -2.32. The highest BCUT2D eigenvalue weighted by Gasteiger charge is 2.13. The Labute approximate surface area is 225 Å². The van der Waals surface area contributed by atoms with Crippen LogP contribution in [0.3, 0.4) is 0 Å². The van der Waals surface area contributed by atoms with Crippen LogP contribution in [0.5, 0.6) is 0 Å². The molecule has 0 saturated carbocycles. The van der Waals surface area contributed by atoms with Crippen molar-refractivity contribution in [2.45, 2.75) is 52.2 Å². The molecule has 0 fully saturated rings. The predicted molar refractivity (Wildman–Crippen MR) is 152 cm³/mol. The van der Waals surface area contributed by atoms with Gasteiger partial charge in [0.05, 0.1) is 12.5 Å². The van der Waals surface area contributed by atoms with Gasteiger partial charge in [-0.15, -0.1) is 0 Å². The number of carbonyl (C=O) groups is 1. The van der Waals surface area contributed by atoms with Crippen LogP contribution in [0.2, 0.25) is 0 Å². The minimum absolute atomic E-state index is 0.0362. The van der Waals surface area contributed by atoms with Crippen LogP contribution in [-0.2, 0) is 24.1 Å². The van der Waals surface area contributed by atoms with Crippen molar-refractivity contribution in [2.24, 2.45) is 0 Å². The van der Waals surface area contributed by atoms with Gasteiger partial charge in [-0.3, -0.25) is 4.79 Å². The molecule has 4 aromatic rings. The first kappa shape index (κ1) is 27.3. The van der Waals surface area contributed by atoms with Gasteiger partial charge in [-0.1, -0.05) is 60.7 Å². The number of aryl methyl sites for hydroxylation is 2. The van der Waals surface area contributed by atoms with Crippen LogP contribution < -0.4 is 10.6 Å². The molecule has 1 amide bonds. The number of rotatable bonds is 12. The SMILES string of the molecule is Cc1ccc(C)n1-c1ccc([C@H](O)CN[C@H](C)Cc2cccc(CC(=O)NCCc3ccccc3)c2)cn1. The average molecular weight is 511 g/mol. The van der Waals surface area contributed by atoms with Gasteiger partial charge in [-0.05, 0) is 68.5 Å². The molecule has 0 spiro atoms. The highest BCUT2D eigenvalue weighted by Crippen LogP contribution is 2.17. The molecule has 0 unspecified atom stereocenters. The monoisotopic (exact) mass is 510 g/mol. The molecule has 0 saturated heterocycles. The predicted octanol–water partition coefficient (Wildman–Crippen LogP) is 4.64. The Morgan fingerprint density at radius 2 is 1.63 bits per heavy atom. The zero-order valence-electron chi connectivity index (χ0n) is 22.5. The number of aliphatic hydroxyl groups excluding tert-OH is 1. The normalized spacial score (nSPS) is 12.7. The van der Waals surface area contributed by atoms with Crippen LogP contribution >= 0.6 is 0 Å². The Morgan fingerprint density at radius 1 is 0.921 bits per heavy atom. The molecule has 2 atom stereocenters. The van der Waals surface area contributed by atoms with Crippen molar-refractivity contribution in [1.29, 1.82) is 0 Å². The zero-order chi connectivity index (χ0) is 26.9. The number of carbonyl (C=O) groups excluding carboxylic acids is 1. The lowest BCUT2D eigenvalue weighted by Gasteiger charge is -2.18. The van der Waals surface area contributed by atoms with Crippen molar-refractivity contribution in [3.05, 3.63) is 119 Å². The third-order valence-corrected chi connectivity index (χ3v) is 6.79. The Morgan fingerprint density at radius 3 is 2.34 bits per heavy atom. The first-order valence-electron chi connectivity index (χ1n) is 13.3. The minimum atomic E-state index is -0.642. The van der Waals surface area contributed by atoms with Crippen LogP contribution in [0.15, 0.2) is 85.1 Å². The van der Waals surface area contributed by atoms with E-state index in [1.165, 1.54) is 5.56 Å². The average Bonchev–Trinajstić information content (AvgIpc) is 3.25. The summed E-state index contributed by atoms with van der Waals surface area (Å²) >= 11 is 0. The maximum Gasteiger partial charge on any atom is 0.224 e. The summed E-state index contributed by atoms with van der Waals surface area (Å²) in [4.78, 5) is 17.0. The van der Waals surface area contributed by atoms with E-state index in [-0.39, 0.29) is 11.9 Å². The van der Waals surface area contributed by atoms with E-state index in [4.69, 9.17) is 0 Å². The van der Waals surface area contributed by atoms with Gasteiger partial charge in [0, 0.05) is 42.3 Å². The molecule has 0 aliphatic carbocycles. The molecule has 0 radical (unpaired) electrons. The molecule has 0 bridgehead atoms. The second-order valence-electron chi connectivity index (χ2n) is 10.0. The molecule has 6 heteroatoms. The van der Waals surface area contributed by atoms with E-state index in [0.717, 1.165) is 46.7 Å². The summed E-state index contributed by atoms with van der Waals surface area (Å²) in [6, 6.07) is 26.5. The Hall–Kier alpha value is -3.74. The highest BCUT2D eigenvalue weighted by atomic mass is 16.3. The van der Waals surface area contributed by atoms with E-state index in [2.05, 4.69) is 77.4 Å². The number of nitrogens with zero attached hydrogens (tertiary/aromatic N) is 2. The van der Waals surface area contributed by atoms with Crippen LogP contribution in [0.25, 0.3) is 5.82 Å². The van der Waals surface area contributed by atoms with E-state index in [9.17, 15) is 9.90 Å². The summed E-state index contributed by atoms with van der Waals surface area (Å²) < 4.78 is 2.10. The van der Waals surface area contributed by atoms with E-state index < -0.39 is 6.10 Å². The third-order valence-electron chi connectivity index (χ3n) is 6.79. The molecule has 198 valence electrons. The number of hydrogen-bond acceptors (Lipinski definition) is 4. The Kier molecular flexibility index (Phi) is 9.46. The fraction of sp³-hybridized carbons (Fsp3) is 0.312. The van der Waals surface area contributed by atoms with Gasteiger partial charge in [0.25, 0.3) is 0 Å². The standard InChI is InChI=1S/C32H38N4O2/c1-23(34-22-30(37)29-14-15-31(35-21-29)36-24(2)12-13-25(36)3)18-27-10-7-11-28(19-27)20-32(38)33-17-16-26-8-5-4-6-9-26/h4-15,19,21,23,30,34,37H,16-18,20,22H2,1-3H3,(H,33,38)/t23-,30-/m1/s1. The van der Waals surface area contributed by atoms with Crippen molar-refractivity contribution < 1.29 is 9.90 Å². The number of amides is 1. The molecule has 4 rings (SSSR count). The summed E-state index contributed by atoms with van der Waals surface area (Å²) in [5.41, 5.74) is 6.44. The molecule has 0 aliphatic rings. The molecule has 2 aromatic carbocycles. The number of aromatic nitrogens is 2. The van der Waals surface area contributed by atoms with Gasteiger partial charge in [-0.2, -0.15) is 0 Å². The second kappa shape index (κ2) is 13.2. The highest BCUT2D eigenvalue weighted by molar-refractivity contribution is 5.78. The second-order valence-corrected chi connectivity index (χ2v) is 10.0. The lowest BCUT2D eigenvalue weighted by molar-refractivity contribution is -0.120. The van der Waals surface area contributed by atoms with Gasteiger partial charge in [-0.25, -0.2) is 4.98 Å². The van der Waals surface area contributed by atoms with Crippen molar-refractivity contribution in [1.82, 2.24) is 20.2 Å². The summed E-state index contributed by atoms with van der Waals surface area (Å²) in [5.74, 6) is 0.890. The molecular formula is C32H38N4O2. The summed E-state index contributed by atoms with van der Waals surface area (Å²) in [6.45, 7) is 7.29. The smallest absolute Gasteiger partial charge is 0.224 e. The number of nitrogens with one attached hydrogen (secondary N) is 2. The first-order chi connectivity index (χ1) is 18.4. The Bertz CT molecular complexity index is 1300. The van der Waals surface area contributed by atoms with Gasteiger partial charge in [0.1, 0.15) is 5.82 Å². The van der Waals surface area contributed by atoms with E-state index >= 15 is 0 Å². The molecule has 3 N–H and O–H groups in total. The molecule has 38 heavy (non-hydrogen) atoms. The van der Waals surface area contributed by atoms with E-state index in [0.29, 0.717) is 19.5 Å². The maximum atomic E-state index is 12.4. The maximum absolute atomic E-state index is 12.4. The van der Waals surface area contributed by atoms with E-state index in [1.54, 1.807) is 6.20 Å². The fourth-order valence-electron chi connectivity index (χ4n) is 4.72. The van der Waals surface area contributed by atoms with Gasteiger partial charge < -0.3 is 20.3 Å². The van der Waals surface area contributed by atoms with Gasteiger partial charge in [0.15, 0.2) is 0 Å². The molecule has 2 aromatic heterocycles. The number of pyridine rings is 1. The van der Waals surface area contributed by atoms with Crippen molar-refractivity contribution in [3.8, 4) is 5.82 Å². The van der Waals surface area contributed by atoms with Crippen LogP contribution in [0.1, 0.15) is 46.7 Å². The molecular weight excluding hydrogens is 472 g/mol. The summed E-state index contributed by atoms with van der Waals surface area (Å²) in [7, 11) is 0.